The molecule has 0 amide bonds. The van der Waals surface area contributed by atoms with Crippen molar-refractivity contribution in [2.75, 3.05) is 6.54 Å². The van der Waals surface area contributed by atoms with Crippen LogP contribution in [0.25, 0.3) is 0 Å². The second-order valence-corrected chi connectivity index (χ2v) is 7.50. The Morgan fingerprint density at radius 2 is 2.11 bits per heavy atom. The van der Waals surface area contributed by atoms with E-state index in [4.69, 9.17) is 5.73 Å². The Morgan fingerprint density at radius 1 is 1.44 bits per heavy atom. The van der Waals surface area contributed by atoms with Crippen molar-refractivity contribution in [1.29, 1.82) is 0 Å². The summed E-state index contributed by atoms with van der Waals surface area (Å²) < 4.78 is 27.5. The number of hydrogen-bond acceptors (Lipinski definition) is 3. The van der Waals surface area contributed by atoms with Crippen molar-refractivity contribution >= 4 is 26.0 Å². The van der Waals surface area contributed by atoms with E-state index in [1.807, 2.05) is 13.0 Å². The zero-order valence-electron chi connectivity index (χ0n) is 10.2. The lowest BCUT2D eigenvalue weighted by molar-refractivity contribution is 0.547. The molecule has 1 unspecified atom stereocenters. The minimum absolute atomic E-state index is 0.0759. The quantitative estimate of drug-likeness (QED) is 0.863. The summed E-state index contributed by atoms with van der Waals surface area (Å²) in [5.74, 6) is 0.483. The van der Waals surface area contributed by atoms with E-state index in [1.54, 1.807) is 12.1 Å². The topological polar surface area (TPSA) is 72.2 Å². The summed E-state index contributed by atoms with van der Waals surface area (Å²) in [5.41, 5.74) is 6.79. The molecule has 4 nitrogen and oxygen atoms in total. The molecule has 2 rings (SSSR count). The number of sulfonamides is 1. The van der Waals surface area contributed by atoms with Crippen LogP contribution in [0.4, 0.5) is 0 Å². The molecule has 0 radical (unpaired) electrons. The van der Waals surface area contributed by atoms with Crippen LogP contribution in [-0.4, -0.2) is 21.0 Å². The molecule has 1 saturated carbocycles. The second kappa shape index (κ2) is 5.28. The molecule has 3 N–H and O–H groups in total. The fraction of sp³-hybridized carbons (Fsp3) is 0.500. The number of nitrogens with two attached hydrogens (primary N) is 1. The Morgan fingerprint density at radius 3 is 2.67 bits per heavy atom. The SMILES string of the molecule is Cc1cc(Br)cc(S(=O)(=O)NCC(N)C2CC2)c1. The van der Waals surface area contributed by atoms with Crippen LogP contribution in [0, 0.1) is 12.8 Å². The Bertz CT molecular complexity index is 521. The van der Waals surface area contributed by atoms with Gasteiger partial charge in [0.05, 0.1) is 4.90 Å². The molecule has 100 valence electrons. The Hall–Kier alpha value is -0.430. The van der Waals surface area contributed by atoms with Gasteiger partial charge in [-0.1, -0.05) is 15.9 Å². The minimum Gasteiger partial charge on any atom is -0.326 e. The lowest BCUT2D eigenvalue weighted by Gasteiger charge is -2.12. The van der Waals surface area contributed by atoms with Crippen LogP contribution < -0.4 is 10.5 Å². The molecule has 0 heterocycles. The van der Waals surface area contributed by atoms with E-state index in [0.717, 1.165) is 22.9 Å². The smallest absolute Gasteiger partial charge is 0.240 e. The first kappa shape index (κ1) is 14.0. The molecule has 0 aromatic heterocycles. The molecule has 1 aliphatic rings. The van der Waals surface area contributed by atoms with Gasteiger partial charge >= 0.3 is 0 Å². The number of aryl methyl sites for hydroxylation is 1. The fourth-order valence-corrected chi connectivity index (χ4v) is 3.80. The summed E-state index contributed by atoms with van der Waals surface area (Å²) in [5, 5.41) is 0. The second-order valence-electron chi connectivity index (χ2n) is 4.82. The molecule has 1 atom stereocenters. The largest absolute Gasteiger partial charge is 0.326 e. The first-order valence-electron chi connectivity index (χ1n) is 5.91. The maximum atomic E-state index is 12.1. The number of nitrogens with one attached hydrogen (secondary N) is 1. The molecule has 0 spiro atoms. The first-order chi connectivity index (χ1) is 8.38. The van der Waals surface area contributed by atoms with Gasteiger partial charge < -0.3 is 5.73 Å². The highest BCUT2D eigenvalue weighted by Crippen LogP contribution is 2.31. The molecule has 0 saturated heterocycles. The summed E-state index contributed by atoms with van der Waals surface area (Å²) in [4.78, 5) is 0.275. The molecular formula is C12H17BrN2O2S. The van der Waals surface area contributed by atoms with Crippen molar-refractivity contribution in [2.24, 2.45) is 11.7 Å². The van der Waals surface area contributed by atoms with E-state index >= 15 is 0 Å². The molecule has 0 bridgehead atoms. The molecule has 18 heavy (non-hydrogen) atoms. The van der Waals surface area contributed by atoms with E-state index in [0.29, 0.717) is 12.5 Å². The fourth-order valence-electron chi connectivity index (χ4n) is 1.84. The third-order valence-corrected chi connectivity index (χ3v) is 4.92. The Labute approximate surface area is 116 Å². The molecule has 1 aromatic rings. The van der Waals surface area contributed by atoms with Gasteiger partial charge in [0.25, 0.3) is 0 Å². The highest BCUT2D eigenvalue weighted by Gasteiger charge is 2.29. The lowest BCUT2D eigenvalue weighted by Crippen LogP contribution is -2.38. The average molecular weight is 333 g/mol. The van der Waals surface area contributed by atoms with Gasteiger partial charge in [-0.2, -0.15) is 0 Å². The zero-order valence-corrected chi connectivity index (χ0v) is 12.6. The third-order valence-electron chi connectivity index (χ3n) is 3.06. The Kier molecular flexibility index (Phi) is 4.11. The molecule has 6 heteroatoms. The molecular weight excluding hydrogens is 316 g/mol. The van der Waals surface area contributed by atoms with E-state index in [9.17, 15) is 8.42 Å². The van der Waals surface area contributed by atoms with Crippen LogP contribution >= 0.6 is 15.9 Å². The maximum Gasteiger partial charge on any atom is 0.240 e. The molecule has 1 aliphatic carbocycles. The van der Waals surface area contributed by atoms with Gasteiger partial charge in [0, 0.05) is 17.1 Å². The van der Waals surface area contributed by atoms with Crippen molar-refractivity contribution < 1.29 is 8.42 Å². The lowest BCUT2D eigenvalue weighted by atomic mass is 10.2. The van der Waals surface area contributed by atoms with Crippen molar-refractivity contribution in [3.8, 4) is 0 Å². The van der Waals surface area contributed by atoms with Crippen LogP contribution in [0.15, 0.2) is 27.6 Å². The monoisotopic (exact) mass is 332 g/mol. The maximum absolute atomic E-state index is 12.1. The van der Waals surface area contributed by atoms with Crippen LogP contribution in [0.1, 0.15) is 18.4 Å². The van der Waals surface area contributed by atoms with E-state index in [-0.39, 0.29) is 10.9 Å². The predicted molar refractivity (Wildman–Crippen MR) is 74.8 cm³/mol. The average Bonchev–Trinajstić information content (AvgIpc) is 3.08. The number of hydrogen-bond donors (Lipinski definition) is 2. The number of halogens is 1. The van der Waals surface area contributed by atoms with Crippen LogP contribution in [0.3, 0.4) is 0 Å². The molecule has 1 aromatic carbocycles. The van der Waals surface area contributed by atoms with Gasteiger partial charge in [-0.25, -0.2) is 13.1 Å². The number of benzene rings is 1. The summed E-state index contributed by atoms with van der Waals surface area (Å²) in [6.45, 7) is 2.16. The van der Waals surface area contributed by atoms with Gasteiger partial charge in [0.2, 0.25) is 10.0 Å². The van der Waals surface area contributed by atoms with Gasteiger partial charge in [-0.3, -0.25) is 0 Å². The van der Waals surface area contributed by atoms with Crippen molar-refractivity contribution in [3.63, 3.8) is 0 Å². The zero-order chi connectivity index (χ0) is 13.3. The van der Waals surface area contributed by atoms with Gasteiger partial charge in [-0.15, -0.1) is 0 Å². The third kappa shape index (κ3) is 3.54. The van der Waals surface area contributed by atoms with Crippen LogP contribution in [0.5, 0.6) is 0 Å². The summed E-state index contributed by atoms with van der Waals surface area (Å²) in [6.07, 6.45) is 2.22. The normalized spacial score (nSPS) is 17.7. The van der Waals surface area contributed by atoms with E-state index < -0.39 is 10.0 Å². The number of rotatable bonds is 5. The van der Waals surface area contributed by atoms with Crippen molar-refractivity contribution in [3.05, 3.63) is 28.2 Å². The minimum atomic E-state index is -3.47. The summed E-state index contributed by atoms with van der Waals surface area (Å²) in [6, 6.07) is 5.04. The van der Waals surface area contributed by atoms with Gasteiger partial charge in [0.15, 0.2) is 0 Å². The van der Waals surface area contributed by atoms with Gasteiger partial charge in [-0.05, 0) is 49.4 Å². The highest BCUT2D eigenvalue weighted by molar-refractivity contribution is 9.10. The molecule has 0 aliphatic heterocycles. The standard InChI is InChI=1S/C12H17BrN2O2S/c1-8-4-10(13)6-11(5-8)18(16,17)15-7-12(14)9-2-3-9/h4-6,9,12,15H,2-3,7,14H2,1H3. The van der Waals surface area contributed by atoms with E-state index in [1.165, 1.54) is 0 Å². The van der Waals surface area contributed by atoms with Crippen LogP contribution in [0.2, 0.25) is 0 Å². The molecule has 1 fully saturated rings. The highest BCUT2D eigenvalue weighted by atomic mass is 79.9. The predicted octanol–water partition coefficient (Wildman–Crippen LogP) is 1.77. The summed E-state index contributed by atoms with van der Waals surface area (Å²) >= 11 is 3.30. The van der Waals surface area contributed by atoms with E-state index in [2.05, 4.69) is 20.7 Å². The van der Waals surface area contributed by atoms with Crippen molar-refractivity contribution in [2.45, 2.75) is 30.7 Å². The summed E-state index contributed by atoms with van der Waals surface area (Å²) in [7, 11) is -3.47. The van der Waals surface area contributed by atoms with Crippen molar-refractivity contribution in [1.82, 2.24) is 4.72 Å². The Balaban J connectivity index is 2.09. The van der Waals surface area contributed by atoms with Crippen LogP contribution in [-0.2, 0) is 10.0 Å². The first-order valence-corrected chi connectivity index (χ1v) is 8.18. The van der Waals surface area contributed by atoms with Gasteiger partial charge in [0.1, 0.15) is 0 Å².